The molecule has 1 N–H and O–H groups in total. The number of nitro benzene ring substituents is 1. The van der Waals surface area contributed by atoms with Gasteiger partial charge in [-0.05, 0) is 21.5 Å². The lowest BCUT2D eigenvalue weighted by Crippen LogP contribution is -2.03. The quantitative estimate of drug-likeness (QED) is 0.676. The molecule has 0 saturated heterocycles. The van der Waals surface area contributed by atoms with Crippen molar-refractivity contribution < 1.29 is 19.6 Å². The molecule has 1 aromatic carbocycles. The summed E-state index contributed by atoms with van der Waals surface area (Å²) < 4.78 is 5.33. The molecule has 0 aliphatic carbocycles. The molecule has 1 aromatic rings. The topological polar surface area (TPSA) is 89.7 Å². The first-order chi connectivity index (χ1) is 7.45. The number of halogens is 1. The Balaban J connectivity index is 3.29. The molecule has 0 radical (unpaired) electrons. The van der Waals surface area contributed by atoms with Gasteiger partial charge in [0.15, 0.2) is 0 Å². The van der Waals surface area contributed by atoms with Gasteiger partial charge in [-0.2, -0.15) is 0 Å². The fraction of sp³-hybridized carbons (Fsp3) is 0.222. The molecule has 0 aromatic heterocycles. The fourth-order valence-electron chi connectivity index (χ4n) is 1.18. The molecular formula is C9H8BrNO5. The van der Waals surface area contributed by atoms with Gasteiger partial charge in [0.1, 0.15) is 5.75 Å². The van der Waals surface area contributed by atoms with E-state index in [0.29, 0.717) is 10.0 Å². The second kappa shape index (κ2) is 4.93. The van der Waals surface area contributed by atoms with Crippen LogP contribution in [0.5, 0.6) is 5.75 Å². The zero-order valence-corrected chi connectivity index (χ0v) is 9.85. The number of carboxylic acid groups (broad SMARTS) is 1. The number of nitro groups is 1. The predicted molar refractivity (Wildman–Crippen MR) is 58.7 cm³/mol. The van der Waals surface area contributed by atoms with Crippen molar-refractivity contribution in [3.63, 3.8) is 0 Å². The first kappa shape index (κ1) is 12.4. The minimum atomic E-state index is -1.07. The van der Waals surface area contributed by atoms with Crippen LogP contribution >= 0.6 is 15.9 Å². The van der Waals surface area contributed by atoms with E-state index in [2.05, 4.69) is 15.9 Å². The van der Waals surface area contributed by atoms with Crippen LogP contribution < -0.4 is 4.74 Å². The van der Waals surface area contributed by atoms with Crippen LogP contribution in [0, 0.1) is 10.1 Å². The smallest absolute Gasteiger partial charge is 0.307 e. The van der Waals surface area contributed by atoms with Crippen molar-refractivity contribution in [1.82, 2.24) is 0 Å². The zero-order valence-electron chi connectivity index (χ0n) is 8.27. The van der Waals surface area contributed by atoms with E-state index in [4.69, 9.17) is 9.84 Å². The van der Waals surface area contributed by atoms with Crippen molar-refractivity contribution in [1.29, 1.82) is 0 Å². The van der Waals surface area contributed by atoms with Gasteiger partial charge >= 0.3 is 5.97 Å². The number of carbonyl (C=O) groups is 1. The highest BCUT2D eigenvalue weighted by molar-refractivity contribution is 9.10. The second-order valence-electron chi connectivity index (χ2n) is 2.95. The predicted octanol–water partition coefficient (Wildman–Crippen LogP) is 1.99. The van der Waals surface area contributed by atoms with Crippen molar-refractivity contribution in [3.05, 3.63) is 32.3 Å². The van der Waals surface area contributed by atoms with Gasteiger partial charge in [0.2, 0.25) is 0 Å². The van der Waals surface area contributed by atoms with E-state index < -0.39 is 10.9 Å². The van der Waals surface area contributed by atoms with E-state index in [1.165, 1.54) is 19.2 Å². The Bertz CT molecular complexity index is 446. The van der Waals surface area contributed by atoms with Gasteiger partial charge in [-0.15, -0.1) is 0 Å². The summed E-state index contributed by atoms with van der Waals surface area (Å²) in [5.41, 5.74) is 0.106. The number of aliphatic carboxylic acids is 1. The third-order valence-electron chi connectivity index (χ3n) is 1.87. The Labute approximate surface area is 99.1 Å². The highest BCUT2D eigenvalue weighted by Crippen LogP contribution is 2.33. The average Bonchev–Trinajstić information content (AvgIpc) is 2.20. The molecule has 0 heterocycles. The Morgan fingerprint density at radius 1 is 1.62 bits per heavy atom. The van der Waals surface area contributed by atoms with Crippen LogP contribution in [0.1, 0.15) is 5.56 Å². The van der Waals surface area contributed by atoms with E-state index >= 15 is 0 Å². The molecule has 0 aliphatic heterocycles. The molecule has 0 bridgehead atoms. The van der Waals surface area contributed by atoms with Crippen LogP contribution in [0.25, 0.3) is 0 Å². The highest BCUT2D eigenvalue weighted by Gasteiger charge is 2.17. The van der Waals surface area contributed by atoms with Crippen LogP contribution in [-0.4, -0.2) is 23.1 Å². The number of benzene rings is 1. The normalized spacial score (nSPS) is 9.88. The summed E-state index contributed by atoms with van der Waals surface area (Å²) in [4.78, 5) is 20.6. The van der Waals surface area contributed by atoms with Gasteiger partial charge in [-0.3, -0.25) is 14.9 Å². The van der Waals surface area contributed by atoms with Crippen LogP contribution in [0.2, 0.25) is 0 Å². The fourth-order valence-corrected chi connectivity index (χ4v) is 1.72. The van der Waals surface area contributed by atoms with E-state index in [0.717, 1.165) is 0 Å². The molecule has 7 heteroatoms. The molecule has 16 heavy (non-hydrogen) atoms. The number of nitrogens with zero attached hydrogens (tertiary/aromatic N) is 1. The lowest BCUT2D eigenvalue weighted by molar-refractivity contribution is -0.385. The van der Waals surface area contributed by atoms with Crippen molar-refractivity contribution in [2.75, 3.05) is 7.11 Å². The number of methoxy groups -OCH3 is 1. The monoisotopic (exact) mass is 289 g/mol. The molecule has 0 saturated carbocycles. The van der Waals surface area contributed by atoms with Crippen LogP contribution in [0.3, 0.4) is 0 Å². The Kier molecular flexibility index (Phi) is 3.83. The maximum atomic E-state index is 10.6. The number of hydrogen-bond acceptors (Lipinski definition) is 4. The van der Waals surface area contributed by atoms with Crippen LogP contribution in [-0.2, 0) is 11.2 Å². The summed E-state index contributed by atoms with van der Waals surface area (Å²) in [7, 11) is 1.36. The van der Waals surface area contributed by atoms with Gasteiger partial charge in [-0.25, -0.2) is 0 Å². The van der Waals surface area contributed by atoms with E-state index in [-0.39, 0.29) is 17.9 Å². The lowest BCUT2D eigenvalue weighted by Gasteiger charge is -2.07. The molecule has 0 unspecified atom stereocenters. The van der Waals surface area contributed by atoms with Crippen molar-refractivity contribution in [2.45, 2.75) is 6.42 Å². The number of carboxylic acids is 1. The summed E-state index contributed by atoms with van der Waals surface area (Å²) in [6.07, 6.45) is -0.307. The highest BCUT2D eigenvalue weighted by atomic mass is 79.9. The standard InChI is InChI=1S/C9H8BrNO5/c1-16-7-4-6(11(14)15)2-5(9(7)10)3-8(12)13/h2,4H,3H2,1H3,(H,12,13). The molecule has 0 atom stereocenters. The summed E-state index contributed by atoms with van der Waals surface area (Å²) in [6, 6.07) is 2.44. The minimum Gasteiger partial charge on any atom is -0.495 e. The Hall–Kier alpha value is -1.63. The SMILES string of the molecule is COc1cc([N+](=O)[O-])cc(CC(=O)O)c1Br. The third kappa shape index (κ3) is 2.69. The summed E-state index contributed by atoms with van der Waals surface area (Å²) >= 11 is 3.14. The summed E-state index contributed by atoms with van der Waals surface area (Å²) in [5.74, 6) is -0.825. The first-order valence-electron chi connectivity index (χ1n) is 4.18. The average molecular weight is 290 g/mol. The number of ether oxygens (including phenoxy) is 1. The minimum absolute atomic E-state index is 0.198. The molecule has 1 rings (SSSR count). The zero-order chi connectivity index (χ0) is 12.3. The van der Waals surface area contributed by atoms with Crippen molar-refractivity contribution in [2.24, 2.45) is 0 Å². The first-order valence-corrected chi connectivity index (χ1v) is 4.97. The molecule has 0 aliphatic rings. The number of hydrogen-bond donors (Lipinski definition) is 1. The van der Waals surface area contributed by atoms with Gasteiger partial charge in [0, 0.05) is 6.07 Å². The summed E-state index contributed by atoms with van der Waals surface area (Å²) in [6.45, 7) is 0. The van der Waals surface area contributed by atoms with E-state index in [1.54, 1.807) is 0 Å². The van der Waals surface area contributed by atoms with Gasteiger partial charge in [0.05, 0.1) is 29.0 Å². The third-order valence-corrected chi connectivity index (χ3v) is 2.77. The van der Waals surface area contributed by atoms with Gasteiger partial charge < -0.3 is 9.84 Å². The number of non-ortho nitro benzene ring substituents is 1. The Morgan fingerprint density at radius 2 is 2.25 bits per heavy atom. The molecule has 86 valence electrons. The van der Waals surface area contributed by atoms with Crippen LogP contribution in [0.15, 0.2) is 16.6 Å². The Morgan fingerprint density at radius 3 is 2.69 bits per heavy atom. The molecular weight excluding hydrogens is 282 g/mol. The number of rotatable bonds is 4. The van der Waals surface area contributed by atoms with Gasteiger partial charge in [-0.1, -0.05) is 0 Å². The van der Waals surface area contributed by atoms with Gasteiger partial charge in [0.25, 0.3) is 5.69 Å². The largest absolute Gasteiger partial charge is 0.495 e. The molecule has 0 amide bonds. The molecule has 6 nitrogen and oxygen atoms in total. The second-order valence-corrected chi connectivity index (χ2v) is 3.74. The maximum absolute atomic E-state index is 10.6. The van der Waals surface area contributed by atoms with E-state index in [9.17, 15) is 14.9 Å². The van der Waals surface area contributed by atoms with Crippen LogP contribution in [0.4, 0.5) is 5.69 Å². The van der Waals surface area contributed by atoms with Crippen molar-refractivity contribution >= 4 is 27.6 Å². The summed E-state index contributed by atoms with van der Waals surface area (Å²) in [5, 5.41) is 19.3. The van der Waals surface area contributed by atoms with Crippen molar-refractivity contribution in [3.8, 4) is 5.75 Å². The van der Waals surface area contributed by atoms with E-state index in [1.807, 2.05) is 0 Å². The molecule has 0 spiro atoms. The molecule has 0 fully saturated rings. The lowest BCUT2D eigenvalue weighted by atomic mass is 10.1. The maximum Gasteiger partial charge on any atom is 0.307 e.